The first kappa shape index (κ1) is 21.2. The molecule has 0 spiro atoms. The van der Waals surface area contributed by atoms with E-state index in [-0.39, 0.29) is 24.7 Å². The lowest BCUT2D eigenvalue weighted by Crippen LogP contribution is -2.34. The number of benzene rings is 2. The summed E-state index contributed by atoms with van der Waals surface area (Å²) in [7, 11) is 0. The number of amides is 1. The Balaban J connectivity index is 1.88. The molecule has 0 aliphatic carbocycles. The molecule has 0 saturated heterocycles. The maximum Gasteiger partial charge on any atom is 0.330 e. The van der Waals surface area contributed by atoms with Crippen LogP contribution in [0.4, 0.5) is 0 Å². The highest BCUT2D eigenvalue weighted by Gasteiger charge is 2.23. The summed E-state index contributed by atoms with van der Waals surface area (Å²) in [5.41, 5.74) is 2.97. The molecule has 0 bridgehead atoms. The summed E-state index contributed by atoms with van der Waals surface area (Å²) in [5, 5.41) is 12.1. The quantitative estimate of drug-likeness (QED) is 0.510. The van der Waals surface area contributed by atoms with Crippen LogP contribution >= 0.6 is 0 Å². The van der Waals surface area contributed by atoms with Gasteiger partial charge in [-0.15, -0.1) is 0 Å². The Morgan fingerprint density at radius 3 is 2.50 bits per heavy atom. The van der Waals surface area contributed by atoms with Gasteiger partial charge in [-0.05, 0) is 56.0 Å². The average molecular weight is 383 g/mol. The third kappa shape index (κ3) is 5.67. The summed E-state index contributed by atoms with van der Waals surface area (Å²) in [4.78, 5) is 35.2. The standard InChI is InChI=1S/C22H25NO5/c1-14-7-4-10-19(15(14)2)21(22(26)27)23-20(25)11-6-12-28-18-9-5-8-17(13-18)16(3)24/h4-5,7-10,13,21H,6,11-12H2,1-3H3,(H,23,25)(H,26,27). The number of Topliss-reactive ketones (excluding diaryl/α,β-unsaturated/α-hetero) is 1. The summed E-state index contributed by atoms with van der Waals surface area (Å²) in [5.74, 6) is -0.934. The maximum atomic E-state index is 12.2. The fourth-order valence-corrected chi connectivity index (χ4v) is 2.82. The number of carbonyl (C=O) groups excluding carboxylic acids is 2. The Labute approximate surface area is 164 Å². The predicted octanol–water partition coefficient (Wildman–Crippen LogP) is 3.61. The molecule has 2 aromatic rings. The molecule has 0 aliphatic heterocycles. The highest BCUT2D eigenvalue weighted by Crippen LogP contribution is 2.21. The topological polar surface area (TPSA) is 92.7 Å². The molecular formula is C22H25NO5. The molecule has 0 saturated carbocycles. The van der Waals surface area contributed by atoms with Gasteiger partial charge in [0, 0.05) is 12.0 Å². The summed E-state index contributed by atoms with van der Waals surface area (Å²) in [6.07, 6.45) is 0.566. The smallest absolute Gasteiger partial charge is 0.330 e. The van der Waals surface area contributed by atoms with Crippen molar-refractivity contribution < 1.29 is 24.2 Å². The van der Waals surface area contributed by atoms with Gasteiger partial charge in [0.25, 0.3) is 0 Å². The summed E-state index contributed by atoms with van der Waals surface area (Å²) >= 11 is 0. The van der Waals surface area contributed by atoms with E-state index in [1.54, 1.807) is 36.4 Å². The van der Waals surface area contributed by atoms with Crippen molar-refractivity contribution >= 4 is 17.7 Å². The van der Waals surface area contributed by atoms with Crippen LogP contribution in [-0.2, 0) is 9.59 Å². The van der Waals surface area contributed by atoms with Crippen LogP contribution in [0.25, 0.3) is 0 Å². The van der Waals surface area contributed by atoms with Gasteiger partial charge < -0.3 is 15.2 Å². The van der Waals surface area contributed by atoms with Gasteiger partial charge in [-0.1, -0.05) is 30.3 Å². The zero-order chi connectivity index (χ0) is 20.7. The second-order valence-corrected chi connectivity index (χ2v) is 6.66. The molecule has 0 aliphatic rings. The van der Waals surface area contributed by atoms with Gasteiger partial charge in [0.1, 0.15) is 5.75 Å². The fraction of sp³-hybridized carbons (Fsp3) is 0.318. The van der Waals surface area contributed by atoms with Crippen LogP contribution in [-0.4, -0.2) is 29.4 Å². The van der Waals surface area contributed by atoms with Crippen molar-refractivity contribution in [2.45, 2.75) is 39.7 Å². The second-order valence-electron chi connectivity index (χ2n) is 6.66. The third-order valence-corrected chi connectivity index (χ3v) is 4.57. The molecule has 2 rings (SSSR count). The third-order valence-electron chi connectivity index (χ3n) is 4.57. The van der Waals surface area contributed by atoms with Crippen LogP contribution in [0, 0.1) is 13.8 Å². The molecule has 0 radical (unpaired) electrons. The van der Waals surface area contributed by atoms with E-state index < -0.39 is 12.0 Å². The Bertz CT molecular complexity index is 875. The number of carboxylic acids is 1. The Kier molecular flexibility index (Phi) is 7.32. The minimum absolute atomic E-state index is 0.0454. The molecule has 0 aromatic heterocycles. The van der Waals surface area contributed by atoms with Gasteiger partial charge in [-0.3, -0.25) is 9.59 Å². The number of hydrogen-bond acceptors (Lipinski definition) is 4. The molecule has 0 heterocycles. The van der Waals surface area contributed by atoms with E-state index >= 15 is 0 Å². The summed E-state index contributed by atoms with van der Waals surface area (Å²) in [6, 6.07) is 11.2. The molecule has 1 unspecified atom stereocenters. The number of carboxylic acid groups (broad SMARTS) is 1. The fourth-order valence-electron chi connectivity index (χ4n) is 2.82. The molecule has 2 N–H and O–H groups in total. The summed E-state index contributed by atoms with van der Waals surface area (Å²) < 4.78 is 5.57. The largest absolute Gasteiger partial charge is 0.494 e. The van der Waals surface area contributed by atoms with Gasteiger partial charge in [0.05, 0.1) is 6.61 Å². The number of rotatable bonds is 9. The number of hydrogen-bond donors (Lipinski definition) is 2. The van der Waals surface area contributed by atoms with Crippen LogP contribution in [0.15, 0.2) is 42.5 Å². The van der Waals surface area contributed by atoms with E-state index in [1.165, 1.54) is 6.92 Å². The Morgan fingerprint density at radius 1 is 1.11 bits per heavy atom. The molecule has 2 aromatic carbocycles. The van der Waals surface area contributed by atoms with Gasteiger partial charge in [0.2, 0.25) is 5.91 Å². The molecule has 6 heteroatoms. The van der Waals surface area contributed by atoms with Crippen molar-refractivity contribution in [2.75, 3.05) is 6.61 Å². The van der Waals surface area contributed by atoms with Gasteiger partial charge >= 0.3 is 5.97 Å². The number of carbonyl (C=O) groups is 3. The highest BCUT2D eigenvalue weighted by atomic mass is 16.5. The zero-order valence-corrected chi connectivity index (χ0v) is 16.3. The normalized spacial score (nSPS) is 11.5. The van der Waals surface area contributed by atoms with Crippen LogP contribution < -0.4 is 10.1 Å². The molecular weight excluding hydrogens is 358 g/mol. The molecule has 148 valence electrons. The lowest BCUT2D eigenvalue weighted by molar-refractivity contribution is -0.142. The first-order chi connectivity index (χ1) is 13.3. The van der Waals surface area contributed by atoms with Crippen molar-refractivity contribution in [1.82, 2.24) is 5.32 Å². The van der Waals surface area contributed by atoms with E-state index in [0.717, 1.165) is 11.1 Å². The minimum atomic E-state index is -1.10. The molecule has 6 nitrogen and oxygen atoms in total. The Morgan fingerprint density at radius 2 is 1.82 bits per heavy atom. The molecule has 1 amide bonds. The maximum absolute atomic E-state index is 12.2. The Hall–Kier alpha value is -3.15. The SMILES string of the molecule is CC(=O)c1cccc(OCCCC(=O)NC(C(=O)O)c2cccc(C)c2C)c1. The van der Waals surface area contributed by atoms with Crippen LogP contribution in [0.1, 0.15) is 52.9 Å². The van der Waals surface area contributed by atoms with E-state index in [1.807, 2.05) is 19.9 Å². The van der Waals surface area contributed by atoms with E-state index in [0.29, 0.717) is 23.3 Å². The summed E-state index contributed by atoms with van der Waals surface area (Å²) in [6.45, 7) is 5.52. The molecule has 0 fully saturated rings. The zero-order valence-electron chi connectivity index (χ0n) is 16.3. The predicted molar refractivity (Wildman–Crippen MR) is 106 cm³/mol. The van der Waals surface area contributed by atoms with Crippen molar-refractivity contribution in [3.8, 4) is 5.75 Å². The van der Waals surface area contributed by atoms with Gasteiger partial charge in [-0.25, -0.2) is 4.79 Å². The molecule has 28 heavy (non-hydrogen) atoms. The molecule has 1 atom stereocenters. The minimum Gasteiger partial charge on any atom is -0.494 e. The monoisotopic (exact) mass is 383 g/mol. The number of ketones is 1. The highest BCUT2D eigenvalue weighted by molar-refractivity contribution is 5.94. The van der Waals surface area contributed by atoms with Gasteiger partial charge in [-0.2, -0.15) is 0 Å². The van der Waals surface area contributed by atoms with E-state index in [4.69, 9.17) is 4.74 Å². The van der Waals surface area contributed by atoms with Crippen LogP contribution in [0.5, 0.6) is 5.75 Å². The number of nitrogens with one attached hydrogen (secondary N) is 1. The van der Waals surface area contributed by atoms with Crippen molar-refractivity contribution in [3.63, 3.8) is 0 Å². The van der Waals surface area contributed by atoms with Gasteiger partial charge in [0.15, 0.2) is 11.8 Å². The van der Waals surface area contributed by atoms with E-state index in [2.05, 4.69) is 5.32 Å². The van der Waals surface area contributed by atoms with Crippen molar-refractivity contribution in [3.05, 3.63) is 64.7 Å². The number of ether oxygens (including phenoxy) is 1. The van der Waals surface area contributed by atoms with Crippen molar-refractivity contribution in [1.29, 1.82) is 0 Å². The first-order valence-corrected chi connectivity index (χ1v) is 9.11. The lowest BCUT2D eigenvalue weighted by atomic mass is 9.97. The number of aryl methyl sites for hydroxylation is 1. The first-order valence-electron chi connectivity index (χ1n) is 9.11. The van der Waals surface area contributed by atoms with Crippen LogP contribution in [0.3, 0.4) is 0 Å². The second kappa shape index (κ2) is 9.69. The van der Waals surface area contributed by atoms with Crippen LogP contribution in [0.2, 0.25) is 0 Å². The lowest BCUT2D eigenvalue weighted by Gasteiger charge is -2.18. The number of aliphatic carboxylic acids is 1. The van der Waals surface area contributed by atoms with Crippen molar-refractivity contribution in [2.24, 2.45) is 0 Å². The average Bonchev–Trinajstić information content (AvgIpc) is 2.66. The van der Waals surface area contributed by atoms with E-state index in [9.17, 15) is 19.5 Å².